The molecule has 2 heterocycles. The number of likely N-dealkylation sites (tertiary alicyclic amines) is 1. The third-order valence-electron chi connectivity index (χ3n) is 6.60. The Hall–Kier alpha value is -4.13. The minimum atomic E-state index is -0.750. The largest absolute Gasteiger partial charge is 0.507 e. The molecule has 1 atom stereocenters. The minimum Gasteiger partial charge on any atom is -0.507 e. The number of nitrogens with zero attached hydrogens (tertiary/aromatic N) is 3. The van der Waals surface area contributed by atoms with Crippen molar-refractivity contribution in [2.75, 3.05) is 25.1 Å². The summed E-state index contributed by atoms with van der Waals surface area (Å²) in [7, 11) is 1.58. The average Bonchev–Trinajstić information content (AvgIpc) is 3.15. The minimum absolute atomic E-state index is 0.0658. The van der Waals surface area contributed by atoms with Crippen molar-refractivity contribution in [1.29, 1.82) is 0 Å². The molecule has 0 saturated carbocycles. The number of carbonyl (C=O) groups is 2. The van der Waals surface area contributed by atoms with Gasteiger partial charge >= 0.3 is 0 Å². The molecular weight excluding hydrogens is 454 g/mol. The molecule has 0 bridgehead atoms. The summed E-state index contributed by atoms with van der Waals surface area (Å²) >= 11 is 0. The molecule has 1 saturated heterocycles. The first-order valence-electron chi connectivity index (χ1n) is 12.1. The molecule has 1 aromatic heterocycles. The van der Waals surface area contributed by atoms with Gasteiger partial charge in [-0.25, -0.2) is 0 Å². The van der Waals surface area contributed by atoms with E-state index in [4.69, 9.17) is 4.74 Å². The van der Waals surface area contributed by atoms with Crippen LogP contribution < -0.4 is 9.64 Å². The zero-order valence-corrected chi connectivity index (χ0v) is 21.1. The van der Waals surface area contributed by atoms with Crippen LogP contribution in [-0.2, 0) is 16.1 Å². The van der Waals surface area contributed by atoms with Gasteiger partial charge in [0.05, 0.1) is 31.0 Å². The predicted molar refractivity (Wildman–Crippen MR) is 140 cm³/mol. The zero-order chi connectivity index (χ0) is 25.8. The number of anilines is 1. The normalized spacial score (nSPS) is 16.9. The highest BCUT2D eigenvalue weighted by Gasteiger charge is 2.46. The summed E-state index contributed by atoms with van der Waals surface area (Å²) in [5.74, 6) is -0.911. The molecule has 0 aliphatic carbocycles. The number of amides is 1. The van der Waals surface area contributed by atoms with Gasteiger partial charge in [0.25, 0.3) is 11.7 Å². The Labute approximate surface area is 211 Å². The maximum absolute atomic E-state index is 13.3. The van der Waals surface area contributed by atoms with E-state index in [-0.39, 0.29) is 17.9 Å². The monoisotopic (exact) mass is 485 g/mol. The molecule has 3 aromatic rings. The second-order valence-corrected chi connectivity index (χ2v) is 8.70. The lowest BCUT2D eigenvalue weighted by molar-refractivity contribution is -0.140. The molecule has 1 N–H and O–H groups in total. The SMILES string of the molecule is CCN(CC)c1ccc(C2/C(=C(/O)c3ccc(OC)c(C)c3)C(=O)C(=O)N2Cc2ccccn2)cc1. The second kappa shape index (κ2) is 10.6. The Morgan fingerprint density at radius 1 is 1.06 bits per heavy atom. The van der Waals surface area contributed by atoms with Gasteiger partial charge in [0.15, 0.2) is 0 Å². The fraction of sp³-hybridized carbons (Fsp3) is 0.276. The molecule has 1 fully saturated rings. The molecule has 2 aromatic carbocycles. The Morgan fingerprint density at radius 3 is 2.36 bits per heavy atom. The van der Waals surface area contributed by atoms with E-state index in [1.165, 1.54) is 4.90 Å². The molecule has 7 heteroatoms. The number of methoxy groups -OCH3 is 1. The summed E-state index contributed by atoms with van der Waals surface area (Å²) < 4.78 is 5.33. The number of aromatic nitrogens is 1. The Bertz CT molecular complexity index is 1280. The van der Waals surface area contributed by atoms with Gasteiger partial charge in [-0.1, -0.05) is 18.2 Å². The molecule has 4 rings (SSSR count). The highest BCUT2D eigenvalue weighted by atomic mass is 16.5. The van der Waals surface area contributed by atoms with E-state index in [0.717, 1.165) is 29.9 Å². The number of pyridine rings is 1. The summed E-state index contributed by atoms with van der Waals surface area (Å²) in [5, 5.41) is 11.3. The number of aryl methyl sites for hydroxylation is 1. The highest BCUT2D eigenvalue weighted by Crippen LogP contribution is 2.41. The fourth-order valence-corrected chi connectivity index (χ4v) is 4.69. The molecule has 1 unspecified atom stereocenters. The zero-order valence-electron chi connectivity index (χ0n) is 21.1. The maximum Gasteiger partial charge on any atom is 0.296 e. The van der Waals surface area contributed by atoms with Crippen molar-refractivity contribution in [1.82, 2.24) is 9.88 Å². The number of hydrogen-bond acceptors (Lipinski definition) is 6. The maximum atomic E-state index is 13.3. The summed E-state index contributed by atoms with van der Waals surface area (Å²) in [4.78, 5) is 34.6. The third-order valence-corrected chi connectivity index (χ3v) is 6.60. The summed E-state index contributed by atoms with van der Waals surface area (Å²) in [6.45, 7) is 7.92. The van der Waals surface area contributed by atoms with Crippen LogP contribution in [0.25, 0.3) is 5.76 Å². The van der Waals surface area contributed by atoms with Crippen molar-refractivity contribution in [3.63, 3.8) is 0 Å². The number of benzene rings is 2. The lowest BCUT2D eigenvalue weighted by atomic mass is 9.94. The van der Waals surface area contributed by atoms with E-state index in [0.29, 0.717) is 17.0 Å². The van der Waals surface area contributed by atoms with Gasteiger partial charge < -0.3 is 19.6 Å². The van der Waals surface area contributed by atoms with Gasteiger partial charge in [-0.15, -0.1) is 0 Å². The van der Waals surface area contributed by atoms with Crippen LogP contribution in [0.3, 0.4) is 0 Å². The van der Waals surface area contributed by atoms with Crippen LogP contribution in [0.5, 0.6) is 5.75 Å². The molecule has 1 aliphatic rings. The first kappa shape index (κ1) is 25.0. The van der Waals surface area contributed by atoms with Crippen LogP contribution >= 0.6 is 0 Å². The van der Waals surface area contributed by atoms with E-state index < -0.39 is 17.7 Å². The lowest BCUT2D eigenvalue weighted by Crippen LogP contribution is -2.29. The second-order valence-electron chi connectivity index (χ2n) is 8.70. The molecule has 36 heavy (non-hydrogen) atoms. The number of rotatable bonds is 8. The number of hydrogen-bond donors (Lipinski definition) is 1. The molecule has 1 amide bonds. The first-order valence-corrected chi connectivity index (χ1v) is 12.1. The van der Waals surface area contributed by atoms with Gasteiger partial charge in [-0.2, -0.15) is 0 Å². The Kier molecular flexibility index (Phi) is 7.38. The molecule has 0 spiro atoms. The van der Waals surface area contributed by atoms with Crippen LogP contribution in [-0.4, -0.2) is 46.9 Å². The average molecular weight is 486 g/mol. The standard InChI is InChI=1S/C29H31N3O4/c1-5-31(6-2)23-13-10-20(11-14-23)26-25(27(33)21-12-15-24(36-4)19(3)17-21)28(34)29(35)32(26)18-22-9-7-8-16-30-22/h7-17,26,33H,5-6,18H2,1-4H3/b27-25-. The van der Waals surface area contributed by atoms with Gasteiger partial charge in [-0.05, 0) is 74.4 Å². The molecular formula is C29H31N3O4. The number of Topliss-reactive ketones (excluding diaryl/α,β-unsaturated/α-hetero) is 1. The van der Waals surface area contributed by atoms with Crippen molar-refractivity contribution in [3.05, 3.63) is 94.8 Å². The van der Waals surface area contributed by atoms with Crippen molar-refractivity contribution >= 4 is 23.1 Å². The number of ketones is 1. The van der Waals surface area contributed by atoms with Crippen molar-refractivity contribution in [2.24, 2.45) is 0 Å². The van der Waals surface area contributed by atoms with E-state index in [1.807, 2.05) is 43.3 Å². The highest BCUT2D eigenvalue weighted by molar-refractivity contribution is 6.46. The molecule has 186 valence electrons. The fourth-order valence-electron chi connectivity index (χ4n) is 4.69. The van der Waals surface area contributed by atoms with Gasteiger partial charge in [-0.3, -0.25) is 14.6 Å². The summed E-state index contributed by atoms with van der Waals surface area (Å²) in [6.07, 6.45) is 1.65. The summed E-state index contributed by atoms with van der Waals surface area (Å²) in [5.41, 5.74) is 3.78. The number of aliphatic hydroxyl groups is 1. The van der Waals surface area contributed by atoms with E-state index in [2.05, 4.69) is 23.7 Å². The van der Waals surface area contributed by atoms with Crippen molar-refractivity contribution in [3.8, 4) is 5.75 Å². The summed E-state index contributed by atoms with van der Waals surface area (Å²) in [6, 6.07) is 17.7. The third kappa shape index (κ3) is 4.69. The van der Waals surface area contributed by atoms with E-state index in [9.17, 15) is 14.7 Å². The topological polar surface area (TPSA) is 83.0 Å². The van der Waals surface area contributed by atoms with E-state index >= 15 is 0 Å². The van der Waals surface area contributed by atoms with Crippen LogP contribution in [0, 0.1) is 6.92 Å². The molecule has 7 nitrogen and oxygen atoms in total. The van der Waals surface area contributed by atoms with Gasteiger partial charge in [0, 0.05) is 30.5 Å². The lowest BCUT2D eigenvalue weighted by Gasteiger charge is -2.26. The quantitative estimate of drug-likeness (QED) is 0.279. The van der Waals surface area contributed by atoms with Crippen molar-refractivity contribution in [2.45, 2.75) is 33.4 Å². The van der Waals surface area contributed by atoms with Gasteiger partial charge in [0.1, 0.15) is 11.5 Å². The smallest absolute Gasteiger partial charge is 0.296 e. The van der Waals surface area contributed by atoms with E-state index in [1.54, 1.807) is 37.6 Å². The van der Waals surface area contributed by atoms with Crippen LogP contribution in [0.1, 0.15) is 42.3 Å². The van der Waals surface area contributed by atoms with Crippen molar-refractivity contribution < 1.29 is 19.4 Å². The van der Waals surface area contributed by atoms with Crippen LogP contribution in [0.2, 0.25) is 0 Å². The Morgan fingerprint density at radius 2 is 1.78 bits per heavy atom. The number of ether oxygens (including phenoxy) is 1. The van der Waals surface area contributed by atoms with Gasteiger partial charge in [0.2, 0.25) is 0 Å². The van der Waals surface area contributed by atoms with Crippen LogP contribution in [0.4, 0.5) is 5.69 Å². The first-order chi connectivity index (χ1) is 17.4. The van der Waals surface area contributed by atoms with Crippen LogP contribution in [0.15, 0.2) is 72.4 Å². The Balaban J connectivity index is 1.84. The predicted octanol–water partition coefficient (Wildman–Crippen LogP) is 4.87. The molecule has 1 aliphatic heterocycles. The number of aliphatic hydroxyl groups excluding tert-OH is 1. The molecule has 0 radical (unpaired) electrons. The number of carbonyl (C=O) groups excluding carboxylic acids is 2.